The highest BCUT2D eigenvalue weighted by Gasteiger charge is 2.32. The SMILES string of the molecule is COc1cccc(C2Cn3ccnc3CN2C(=O)c2ccncn2)c1. The molecular weight excluding hydrogens is 318 g/mol. The molecule has 4 rings (SSSR count). The van der Waals surface area contributed by atoms with Crippen molar-refractivity contribution < 1.29 is 9.53 Å². The second-order valence-electron chi connectivity index (χ2n) is 5.82. The molecule has 126 valence electrons. The van der Waals surface area contributed by atoms with Crippen molar-refractivity contribution in [3.05, 3.63) is 72.3 Å². The molecule has 0 bridgehead atoms. The molecule has 0 saturated heterocycles. The van der Waals surface area contributed by atoms with Crippen molar-refractivity contribution >= 4 is 5.91 Å². The van der Waals surface area contributed by atoms with Gasteiger partial charge in [0.25, 0.3) is 5.91 Å². The van der Waals surface area contributed by atoms with Crippen molar-refractivity contribution in [3.63, 3.8) is 0 Å². The Morgan fingerprint density at radius 2 is 2.16 bits per heavy atom. The average molecular weight is 335 g/mol. The van der Waals surface area contributed by atoms with Gasteiger partial charge in [-0.2, -0.15) is 0 Å². The summed E-state index contributed by atoms with van der Waals surface area (Å²) < 4.78 is 7.41. The molecule has 0 fully saturated rings. The first-order valence-corrected chi connectivity index (χ1v) is 7.97. The van der Waals surface area contributed by atoms with E-state index in [1.165, 1.54) is 6.33 Å². The zero-order valence-corrected chi connectivity index (χ0v) is 13.7. The summed E-state index contributed by atoms with van der Waals surface area (Å²) >= 11 is 0. The second kappa shape index (κ2) is 6.35. The number of rotatable bonds is 3. The molecule has 1 aromatic carbocycles. The standard InChI is InChI=1S/C18H17N5O2/c1-25-14-4-2-3-13(9-14)16-10-22-8-7-20-17(22)11-23(16)18(24)15-5-6-19-12-21-15/h2-9,12,16H,10-11H2,1H3. The molecule has 0 spiro atoms. The molecule has 25 heavy (non-hydrogen) atoms. The zero-order valence-electron chi connectivity index (χ0n) is 13.7. The summed E-state index contributed by atoms with van der Waals surface area (Å²) in [6, 6.07) is 9.31. The zero-order chi connectivity index (χ0) is 17.2. The summed E-state index contributed by atoms with van der Waals surface area (Å²) in [5, 5.41) is 0. The molecular formula is C18H17N5O2. The van der Waals surface area contributed by atoms with E-state index in [9.17, 15) is 4.79 Å². The molecule has 1 unspecified atom stereocenters. The number of hydrogen-bond acceptors (Lipinski definition) is 5. The van der Waals surface area contributed by atoms with Gasteiger partial charge >= 0.3 is 0 Å². The van der Waals surface area contributed by atoms with Gasteiger partial charge in [0.15, 0.2) is 0 Å². The van der Waals surface area contributed by atoms with E-state index in [0.717, 1.165) is 17.1 Å². The van der Waals surface area contributed by atoms with Gasteiger partial charge in [-0.1, -0.05) is 12.1 Å². The van der Waals surface area contributed by atoms with Crippen LogP contribution < -0.4 is 4.74 Å². The van der Waals surface area contributed by atoms with Crippen LogP contribution in [-0.2, 0) is 13.1 Å². The van der Waals surface area contributed by atoms with Crippen LogP contribution in [0.3, 0.4) is 0 Å². The minimum atomic E-state index is -0.135. The molecule has 3 heterocycles. The molecule has 1 atom stereocenters. The van der Waals surface area contributed by atoms with Crippen molar-refractivity contribution in [3.8, 4) is 5.75 Å². The summed E-state index contributed by atoms with van der Waals surface area (Å²) in [5.74, 6) is 1.49. The van der Waals surface area contributed by atoms with Crippen molar-refractivity contribution in [1.82, 2.24) is 24.4 Å². The van der Waals surface area contributed by atoms with Gasteiger partial charge in [-0.25, -0.2) is 15.0 Å². The van der Waals surface area contributed by atoms with E-state index in [1.54, 1.807) is 30.5 Å². The lowest BCUT2D eigenvalue weighted by atomic mass is 10.0. The van der Waals surface area contributed by atoms with Crippen molar-refractivity contribution in [2.45, 2.75) is 19.1 Å². The molecule has 1 amide bonds. The van der Waals surface area contributed by atoms with Gasteiger partial charge in [-0.05, 0) is 23.8 Å². The number of benzene rings is 1. The van der Waals surface area contributed by atoms with E-state index < -0.39 is 0 Å². The van der Waals surface area contributed by atoms with Gasteiger partial charge in [-0.3, -0.25) is 4.79 Å². The molecule has 2 aromatic heterocycles. The molecule has 1 aliphatic rings. The number of methoxy groups -OCH3 is 1. The topological polar surface area (TPSA) is 73.1 Å². The Labute approximate surface area is 144 Å². The normalized spacial score (nSPS) is 16.4. The van der Waals surface area contributed by atoms with Crippen LogP contribution in [0.15, 0.2) is 55.2 Å². The lowest BCUT2D eigenvalue weighted by Gasteiger charge is -2.36. The number of ether oxygens (including phenoxy) is 1. The predicted molar refractivity (Wildman–Crippen MR) is 89.9 cm³/mol. The van der Waals surface area contributed by atoms with Gasteiger partial charge in [-0.15, -0.1) is 0 Å². The van der Waals surface area contributed by atoms with Gasteiger partial charge in [0.05, 0.1) is 19.7 Å². The van der Waals surface area contributed by atoms with Gasteiger partial charge < -0.3 is 14.2 Å². The van der Waals surface area contributed by atoms with E-state index in [-0.39, 0.29) is 11.9 Å². The number of carbonyl (C=O) groups is 1. The highest BCUT2D eigenvalue weighted by Crippen LogP contribution is 2.31. The van der Waals surface area contributed by atoms with E-state index in [4.69, 9.17) is 4.74 Å². The Bertz CT molecular complexity index is 893. The number of aromatic nitrogens is 4. The highest BCUT2D eigenvalue weighted by molar-refractivity contribution is 5.92. The summed E-state index contributed by atoms with van der Waals surface area (Å²) in [5.41, 5.74) is 1.39. The number of nitrogens with zero attached hydrogens (tertiary/aromatic N) is 5. The molecule has 0 N–H and O–H groups in total. The summed E-state index contributed by atoms with van der Waals surface area (Å²) in [7, 11) is 1.64. The second-order valence-corrected chi connectivity index (χ2v) is 5.82. The third-order valence-corrected chi connectivity index (χ3v) is 4.40. The molecule has 0 radical (unpaired) electrons. The van der Waals surface area contributed by atoms with Crippen molar-refractivity contribution in [2.75, 3.05) is 7.11 Å². The summed E-state index contributed by atoms with van der Waals surface area (Å²) in [6.45, 7) is 1.07. The van der Waals surface area contributed by atoms with Crippen LogP contribution in [0.5, 0.6) is 5.75 Å². The van der Waals surface area contributed by atoms with Crippen LogP contribution in [0, 0.1) is 0 Å². The van der Waals surface area contributed by atoms with Crippen LogP contribution in [0.2, 0.25) is 0 Å². The third-order valence-electron chi connectivity index (χ3n) is 4.40. The Hall–Kier alpha value is -3.22. The fourth-order valence-electron chi connectivity index (χ4n) is 3.12. The number of imidazole rings is 1. The smallest absolute Gasteiger partial charge is 0.273 e. The maximum Gasteiger partial charge on any atom is 0.273 e. The average Bonchev–Trinajstić information content (AvgIpc) is 3.14. The molecule has 0 saturated carbocycles. The van der Waals surface area contributed by atoms with Crippen molar-refractivity contribution in [1.29, 1.82) is 0 Å². The fraction of sp³-hybridized carbons (Fsp3) is 0.222. The van der Waals surface area contributed by atoms with Crippen molar-refractivity contribution in [2.24, 2.45) is 0 Å². The van der Waals surface area contributed by atoms with Gasteiger partial charge in [0.2, 0.25) is 0 Å². The lowest BCUT2D eigenvalue weighted by Crippen LogP contribution is -2.41. The number of amides is 1. The lowest BCUT2D eigenvalue weighted by molar-refractivity contribution is 0.0577. The Balaban J connectivity index is 1.74. The largest absolute Gasteiger partial charge is 0.497 e. The summed E-state index contributed by atoms with van der Waals surface area (Å²) in [6.07, 6.45) is 6.66. The van der Waals surface area contributed by atoms with Crippen LogP contribution in [-0.4, -0.2) is 37.4 Å². The first-order valence-electron chi connectivity index (χ1n) is 7.97. The van der Waals surface area contributed by atoms with E-state index in [1.807, 2.05) is 30.5 Å². The van der Waals surface area contributed by atoms with Crippen LogP contribution in [0.1, 0.15) is 27.9 Å². The Morgan fingerprint density at radius 1 is 1.24 bits per heavy atom. The number of hydrogen-bond donors (Lipinski definition) is 0. The maximum absolute atomic E-state index is 13.0. The number of fused-ring (bicyclic) bond motifs is 1. The van der Waals surface area contributed by atoms with Crippen LogP contribution in [0.25, 0.3) is 0 Å². The monoisotopic (exact) mass is 335 g/mol. The van der Waals surface area contributed by atoms with Gasteiger partial charge in [0, 0.05) is 25.1 Å². The maximum atomic E-state index is 13.0. The Morgan fingerprint density at radius 3 is 2.96 bits per heavy atom. The molecule has 3 aromatic rings. The fourth-order valence-corrected chi connectivity index (χ4v) is 3.12. The van der Waals surface area contributed by atoms with E-state index in [2.05, 4.69) is 19.5 Å². The minimum absolute atomic E-state index is 0.126. The molecule has 7 heteroatoms. The Kier molecular flexibility index (Phi) is 3.89. The van der Waals surface area contributed by atoms with E-state index >= 15 is 0 Å². The quantitative estimate of drug-likeness (QED) is 0.733. The van der Waals surface area contributed by atoms with E-state index in [0.29, 0.717) is 18.8 Å². The first-order chi connectivity index (χ1) is 12.3. The highest BCUT2D eigenvalue weighted by atomic mass is 16.5. The molecule has 1 aliphatic heterocycles. The molecule has 7 nitrogen and oxygen atoms in total. The molecule has 0 aliphatic carbocycles. The van der Waals surface area contributed by atoms with Gasteiger partial charge in [0.1, 0.15) is 23.6 Å². The van der Waals surface area contributed by atoms with Crippen LogP contribution in [0.4, 0.5) is 0 Å². The van der Waals surface area contributed by atoms with Crippen LogP contribution >= 0.6 is 0 Å². The minimum Gasteiger partial charge on any atom is -0.497 e. The number of carbonyl (C=O) groups excluding carboxylic acids is 1. The predicted octanol–water partition coefficient (Wildman–Crippen LogP) is 2.08. The summed E-state index contributed by atoms with van der Waals surface area (Å²) in [4.78, 5) is 27.2. The third kappa shape index (κ3) is 2.84. The first kappa shape index (κ1) is 15.3.